The van der Waals surface area contributed by atoms with Crippen LogP contribution in [0, 0.1) is 0 Å². The molecule has 0 bridgehead atoms. The lowest BCUT2D eigenvalue weighted by molar-refractivity contribution is 1.61. The largest absolute Gasteiger partial charge is 0.130 e. The fourth-order valence-electron chi connectivity index (χ4n) is 1.11. The molecule has 0 atom stereocenters. The number of hydrogen-bond donors (Lipinski definition) is 0. The molecule has 0 saturated carbocycles. The van der Waals surface area contributed by atoms with Crippen LogP contribution >= 0.6 is 11.6 Å². The maximum absolute atomic E-state index is 5.94. The highest BCUT2D eigenvalue weighted by Crippen LogP contribution is 2.24. The highest BCUT2D eigenvalue weighted by molar-refractivity contribution is 6.98. The lowest BCUT2D eigenvalue weighted by atomic mass is 10.2. The van der Waals surface area contributed by atoms with E-state index in [1.165, 1.54) is 10.8 Å². The topological polar surface area (TPSA) is 0 Å². The normalized spacial score (nSPS) is 11.3. The minimum absolute atomic E-state index is 0.737. The molecule has 0 fully saturated rings. The second-order valence-corrected chi connectivity index (χ2v) is 9.30. The van der Waals surface area contributed by atoms with Crippen molar-refractivity contribution in [2.75, 3.05) is 5.50 Å². The zero-order chi connectivity index (χ0) is 9.90. The van der Waals surface area contributed by atoms with Crippen LogP contribution in [0.1, 0.15) is 5.56 Å². The Morgan fingerprint density at radius 1 is 1.31 bits per heavy atom. The molecule has 0 aliphatic rings. The van der Waals surface area contributed by atoms with E-state index >= 15 is 0 Å². The molecule has 1 rings (SSSR count). The summed E-state index contributed by atoms with van der Waals surface area (Å²) in [6.07, 6.45) is 0. The van der Waals surface area contributed by atoms with Gasteiger partial charge < -0.3 is 0 Å². The van der Waals surface area contributed by atoms with E-state index in [1.807, 2.05) is 18.2 Å². The SMILES string of the molecule is C=C(c1ccccc1)[Si](C)(C)CCl. The lowest BCUT2D eigenvalue weighted by Crippen LogP contribution is -2.30. The van der Waals surface area contributed by atoms with Crippen LogP contribution in [0.3, 0.4) is 0 Å². The quantitative estimate of drug-likeness (QED) is 0.527. The van der Waals surface area contributed by atoms with Gasteiger partial charge in [-0.15, -0.1) is 11.6 Å². The van der Waals surface area contributed by atoms with Crippen LogP contribution in [0.4, 0.5) is 0 Å². The van der Waals surface area contributed by atoms with Crippen molar-refractivity contribution in [2.45, 2.75) is 13.1 Å². The number of alkyl halides is 1. The van der Waals surface area contributed by atoms with Gasteiger partial charge in [0.25, 0.3) is 0 Å². The number of halogens is 1. The predicted octanol–water partition coefficient (Wildman–Crippen LogP) is 3.73. The van der Waals surface area contributed by atoms with Gasteiger partial charge in [-0.3, -0.25) is 0 Å². The summed E-state index contributed by atoms with van der Waals surface area (Å²) in [6.45, 7) is 8.64. The van der Waals surface area contributed by atoms with Crippen molar-refractivity contribution in [1.29, 1.82) is 0 Å². The van der Waals surface area contributed by atoms with Gasteiger partial charge in [0.1, 0.15) is 0 Å². The summed E-state index contributed by atoms with van der Waals surface area (Å²) in [5.41, 5.74) is 1.97. The van der Waals surface area contributed by atoms with Crippen LogP contribution in [-0.4, -0.2) is 13.6 Å². The van der Waals surface area contributed by atoms with Crippen LogP contribution in [-0.2, 0) is 0 Å². The molecule has 0 aliphatic carbocycles. The molecular formula is C11H15ClSi. The Labute approximate surface area is 86.3 Å². The summed E-state index contributed by atoms with van der Waals surface area (Å²) in [4.78, 5) is 0. The molecule has 1 aromatic carbocycles. The molecule has 0 N–H and O–H groups in total. The van der Waals surface area contributed by atoms with Crippen molar-refractivity contribution < 1.29 is 0 Å². The van der Waals surface area contributed by atoms with E-state index in [0.29, 0.717) is 0 Å². The number of rotatable bonds is 3. The summed E-state index contributed by atoms with van der Waals surface area (Å²) >= 11 is 5.94. The first-order valence-corrected chi connectivity index (χ1v) is 8.13. The third kappa shape index (κ3) is 2.45. The average Bonchev–Trinajstić information content (AvgIpc) is 2.18. The van der Waals surface area contributed by atoms with Crippen molar-refractivity contribution in [3.05, 3.63) is 42.5 Å². The molecule has 0 spiro atoms. The van der Waals surface area contributed by atoms with Gasteiger partial charge in [-0.2, -0.15) is 0 Å². The Balaban J connectivity index is 2.93. The monoisotopic (exact) mass is 210 g/mol. The second-order valence-electron chi connectivity index (χ2n) is 3.86. The van der Waals surface area contributed by atoms with Gasteiger partial charge in [-0.25, -0.2) is 0 Å². The van der Waals surface area contributed by atoms with Gasteiger partial charge in [0.15, 0.2) is 0 Å². The van der Waals surface area contributed by atoms with E-state index in [-0.39, 0.29) is 0 Å². The summed E-state index contributed by atoms with van der Waals surface area (Å²) in [5, 5.41) is 1.24. The van der Waals surface area contributed by atoms with E-state index in [4.69, 9.17) is 11.6 Å². The van der Waals surface area contributed by atoms with Crippen LogP contribution in [0.2, 0.25) is 13.1 Å². The second kappa shape index (κ2) is 4.12. The average molecular weight is 211 g/mol. The van der Waals surface area contributed by atoms with E-state index < -0.39 is 8.07 Å². The zero-order valence-corrected chi connectivity index (χ0v) is 9.93. The maximum atomic E-state index is 5.94. The molecule has 0 aromatic heterocycles. The first kappa shape index (κ1) is 10.5. The van der Waals surface area contributed by atoms with E-state index in [1.54, 1.807) is 0 Å². The summed E-state index contributed by atoms with van der Waals surface area (Å²) in [6, 6.07) is 10.3. The molecule has 0 aliphatic heterocycles. The first-order valence-electron chi connectivity index (χ1n) is 4.39. The van der Waals surface area contributed by atoms with Crippen LogP contribution in [0.5, 0.6) is 0 Å². The Morgan fingerprint density at radius 3 is 2.31 bits per heavy atom. The van der Waals surface area contributed by atoms with Crippen molar-refractivity contribution in [3.8, 4) is 0 Å². The Hall–Kier alpha value is -0.533. The van der Waals surface area contributed by atoms with Gasteiger partial charge >= 0.3 is 0 Å². The molecule has 0 nitrogen and oxygen atoms in total. The summed E-state index contributed by atoms with van der Waals surface area (Å²) in [7, 11) is -1.45. The Morgan fingerprint density at radius 2 is 1.85 bits per heavy atom. The maximum Gasteiger partial charge on any atom is 0.0959 e. The summed E-state index contributed by atoms with van der Waals surface area (Å²) < 4.78 is 0. The van der Waals surface area contributed by atoms with Crippen LogP contribution in [0.25, 0.3) is 5.20 Å². The molecule has 0 heterocycles. The molecule has 2 heteroatoms. The molecule has 0 radical (unpaired) electrons. The van der Waals surface area contributed by atoms with Gasteiger partial charge in [0.2, 0.25) is 0 Å². The van der Waals surface area contributed by atoms with Crippen LogP contribution in [0.15, 0.2) is 36.9 Å². The van der Waals surface area contributed by atoms with Gasteiger partial charge in [0.05, 0.1) is 8.07 Å². The van der Waals surface area contributed by atoms with Crippen molar-refractivity contribution >= 4 is 24.9 Å². The van der Waals surface area contributed by atoms with Crippen molar-refractivity contribution in [3.63, 3.8) is 0 Å². The zero-order valence-electron chi connectivity index (χ0n) is 8.18. The minimum atomic E-state index is -1.45. The molecule has 13 heavy (non-hydrogen) atoms. The molecular weight excluding hydrogens is 196 g/mol. The Bertz CT molecular complexity index is 290. The van der Waals surface area contributed by atoms with Gasteiger partial charge in [-0.05, 0) is 5.56 Å². The fourth-order valence-corrected chi connectivity index (χ4v) is 2.70. The third-order valence-corrected chi connectivity index (χ3v) is 6.87. The molecule has 0 amide bonds. The first-order chi connectivity index (χ1) is 6.08. The molecule has 0 unspecified atom stereocenters. The predicted molar refractivity (Wildman–Crippen MR) is 63.7 cm³/mol. The van der Waals surface area contributed by atoms with E-state index in [9.17, 15) is 0 Å². The molecule has 70 valence electrons. The molecule has 0 saturated heterocycles. The van der Waals surface area contributed by atoms with Gasteiger partial charge in [-0.1, -0.05) is 55.2 Å². The highest BCUT2D eigenvalue weighted by atomic mass is 35.5. The van der Waals surface area contributed by atoms with E-state index in [2.05, 4.69) is 31.8 Å². The highest BCUT2D eigenvalue weighted by Gasteiger charge is 2.23. The van der Waals surface area contributed by atoms with Crippen LogP contribution < -0.4 is 0 Å². The van der Waals surface area contributed by atoms with Crippen molar-refractivity contribution in [2.24, 2.45) is 0 Å². The standard InChI is InChI=1S/C11H15ClSi/c1-10(13(2,3)9-12)11-7-5-4-6-8-11/h4-8H,1,9H2,2-3H3. The summed E-state index contributed by atoms with van der Waals surface area (Å²) in [5.74, 6) is 0. The Kier molecular flexibility index (Phi) is 3.34. The molecule has 1 aromatic rings. The van der Waals surface area contributed by atoms with Gasteiger partial charge in [0, 0.05) is 5.50 Å². The van der Waals surface area contributed by atoms with E-state index in [0.717, 1.165) is 5.50 Å². The smallest absolute Gasteiger partial charge is 0.0959 e. The lowest BCUT2D eigenvalue weighted by Gasteiger charge is -2.22. The number of benzene rings is 1. The number of hydrogen-bond acceptors (Lipinski definition) is 0. The third-order valence-electron chi connectivity index (χ3n) is 2.27. The fraction of sp³-hybridized carbons (Fsp3) is 0.273. The minimum Gasteiger partial charge on any atom is -0.130 e. The van der Waals surface area contributed by atoms with Crippen molar-refractivity contribution in [1.82, 2.24) is 0 Å².